The molecule has 0 aliphatic heterocycles. The van der Waals surface area contributed by atoms with E-state index in [0.29, 0.717) is 13.2 Å². The molecule has 0 fully saturated rings. The first kappa shape index (κ1) is 11.4. The number of methoxy groups -OCH3 is 1. The highest BCUT2D eigenvalue weighted by Gasteiger charge is 2.05. The second-order valence-electron chi connectivity index (χ2n) is 2.91. The standard InChI is InChI=1S/C9H13N3O3/c1-15-6-2-5-10-9(14)7-3-4-8(13)12-11-7/h3-4H,2,5-6H2,1H3,(H,10,14)(H,12,13). The van der Waals surface area contributed by atoms with E-state index in [-0.39, 0.29) is 17.2 Å². The molecule has 1 amide bonds. The maximum absolute atomic E-state index is 11.4. The monoisotopic (exact) mass is 211 g/mol. The molecule has 1 aromatic heterocycles. The topological polar surface area (TPSA) is 84.1 Å². The molecule has 0 aromatic carbocycles. The van der Waals surface area contributed by atoms with E-state index in [1.54, 1.807) is 7.11 Å². The second kappa shape index (κ2) is 5.92. The summed E-state index contributed by atoms with van der Waals surface area (Å²) in [7, 11) is 1.60. The molecule has 1 heterocycles. The largest absolute Gasteiger partial charge is 0.385 e. The van der Waals surface area contributed by atoms with Gasteiger partial charge in [0.25, 0.3) is 11.5 Å². The molecule has 0 saturated heterocycles. The minimum Gasteiger partial charge on any atom is -0.385 e. The summed E-state index contributed by atoms with van der Waals surface area (Å²) >= 11 is 0. The summed E-state index contributed by atoms with van der Waals surface area (Å²) in [6, 6.07) is 2.64. The van der Waals surface area contributed by atoms with Crippen molar-refractivity contribution >= 4 is 5.91 Å². The van der Waals surface area contributed by atoms with Gasteiger partial charge in [0.05, 0.1) is 0 Å². The van der Waals surface area contributed by atoms with E-state index >= 15 is 0 Å². The van der Waals surface area contributed by atoms with E-state index in [9.17, 15) is 9.59 Å². The number of H-pyrrole nitrogens is 1. The molecule has 0 saturated carbocycles. The summed E-state index contributed by atoms with van der Waals surface area (Å²) in [4.78, 5) is 22.1. The first-order valence-corrected chi connectivity index (χ1v) is 4.57. The van der Waals surface area contributed by atoms with Gasteiger partial charge in [-0.3, -0.25) is 9.59 Å². The van der Waals surface area contributed by atoms with Gasteiger partial charge in [0, 0.05) is 26.3 Å². The van der Waals surface area contributed by atoms with Crippen molar-refractivity contribution in [3.8, 4) is 0 Å². The van der Waals surface area contributed by atoms with Gasteiger partial charge in [-0.05, 0) is 12.5 Å². The summed E-state index contributed by atoms with van der Waals surface area (Å²) in [6.45, 7) is 1.12. The van der Waals surface area contributed by atoms with Crippen LogP contribution in [0.4, 0.5) is 0 Å². The van der Waals surface area contributed by atoms with Crippen molar-refractivity contribution in [2.24, 2.45) is 0 Å². The van der Waals surface area contributed by atoms with E-state index in [4.69, 9.17) is 4.74 Å². The third kappa shape index (κ3) is 3.90. The summed E-state index contributed by atoms with van der Waals surface area (Å²) in [5.41, 5.74) is -0.127. The fraction of sp³-hybridized carbons (Fsp3) is 0.444. The van der Waals surface area contributed by atoms with E-state index in [1.807, 2.05) is 0 Å². The molecule has 0 aliphatic carbocycles. The third-order valence-electron chi connectivity index (χ3n) is 1.72. The number of aromatic nitrogens is 2. The lowest BCUT2D eigenvalue weighted by molar-refractivity contribution is 0.0942. The Labute approximate surface area is 86.7 Å². The third-order valence-corrected chi connectivity index (χ3v) is 1.72. The number of aromatic amines is 1. The zero-order chi connectivity index (χ0) is 11.1. The van der Waals surface area contributed by atoms with Gasteiger partial charge in [-0.2, -0.15) is 5.10 Å². The Kier molecular flexibility index (Phi) is 4.49. The number of nitrogens with one attached hydrogen (secondary N) is 2. The average Bonchev–Trinajstić information content (AvgIpc) is 2.25. The minimum atomic E-state index is -0.328. The van der Waals surface area contributed by atoms with Crippen LogP contribution in [0.25, 0.3) is 0 Å². The quantitative estimate of drug-likeness (QED) is 0.645. The molecule has 0 atom stereocenters. The number of amides is 1. The molecule has 0 bridgehead atoms. The van der Waals surface area contributed by atoms with Crippen molar-refractivity contribution in [3.05, 3.63) is 28.2 Å². The Bertz CT molecular complexity index is 355. The summed E-state index contributed by atoms with van der Waals surface area (Å²) < 4.78 is 4.83. The van der Waals surface area contributed by atoms with Crippen molar-refractivity contribution < 1.29 is 9.53 Å². The van der Waals surface area contributed by atoms with Crippen LogP contribution < -0.4 is 10.9 Å². The minimum absolute atomic E-state index is 0.201. The highest BCUT2D eigenvalue weighted by Crippen LogP contribution is 1.88. The second-order valence-corrected chi connectivity index (χ2v) is 2.91. The number of ether oxygens (including phenoxy) is 1. The van der Waals surface area contributed by atoms with E-state index in [0.717, 1.165) is 6.42 Å². The van der Waals surface area contributed by atoms with Crippen molar-refractivity contribution in [2.45, 2.75) is 6.42 Å². The Morgan fingerprint density at radius 2 is 2.40 bits per heavy atom. The molecule has 15 heavy (non-hydrogen) atoms. The predicted molar refractivity (Wildman–Crippen MR) is 53.7 cm³/mol. The number of rotatable bonds is 5. The molecular formula is C9H13N3O3. The van der Waals surface area contributed by atoms with Gasteiger partial charge < -0.3 is 10.1 Å². The summed E-state index contributed by atoms with van der Waals surface area (Å²) in [6.07, 6.45) is 0.742. The maximum atomic E-state index is 11.4. The van der Waals surface area contributed by atoms with Crippen LogP contribution in [0.3, 0.4) is 0 Å². The molecule has 1 aromatic rings. The molecular weight excluding hydrogens is 198 g/mol. The van der Waals surface area contributed by atoms with Gasteiger partial charge in [0.1, 0.15) is 5.69 Å². The van der Waals surface area contributed by atoms with Crippen LogP contribution in [0, 0.1) is 0 Å². The average molecular weight is 211 g/mol. The lowest BCUT2D eigenvalue weighted by Crippen LogP contribution is -2.27. The Hall–Kier alpha value is -1.69. The molecule has 0 aliphatic rings. The number of carbonyl (C=O) groups is 1. The fourth-order valence-electron chi connectivity index (χ4n) is 0.980. The van der Waals surface area contributed by atoms with Gasteiger partial charge in [-0.15, -0.1) is 0 Å². The Morgan fingerprint density at radius 3 is 3.00 bits per heavy atom. The number of hydrogen-bond acceptors (Lipinski definition) is 4. The number of nitrogens with zero attached hydrogens (tertiary/aromatic N) is 1. The first-order valence-electron chi connectivity index (χ1n) is 4.57. The fourth-order valence-corrected chi connectivity index (χ4v) is 0.980. The predicted octanol–water partition coefficient (Wildman–Crippen LogP) is -0.464. The molecule has 0 unspecified atom stereocenters. The first-order chi connectivity index (χ1) is 7.24. The van der Waals surface area contributed by atoms with Crippen LogP contribution >= 0.6 is 0 Å². The normalized spacial score (nSPS) is 9.93. The van der Waals surface area contributed by atoms with Gasteiger partial charge in [0.15, 0.2) is 0 Å². The Morgan fingerprint density at radius 1 is 1.60 bits per heavy atom. The SMILES string of the molecule is COCCCNC(=O)c1ccc(=O)[nH]n1. The van der Waals surface area contributed by atoms with Crippen LogP contribution in [0.2, 0.25) is 0 Å². The highest BCUT2D eigenvalue weighted by molar-refractivity contribution is 5.91. The molecule has 6 nitrogen and oxygen atoms in total. The molecule has 0 spiro atoms. The summed E-state index contributed by atoms with van der Waals surface area (Å²) in [5.74, 6) is -0.303. The number of hydrogen-bond donors (Lipinski definition) is 2. The van der Waals surface area contributed by atoms with Crippen molar-refractivity contribution in [3.63, 3.8) is 0 Å². The van der Waals surface area contributed by atoms with Crippen LogP contribution in [-0.2, 0) is 4.74 Å². The van der Waals surface area contributed by atoms with Gasteiger partial charge in [-0.25, -0.2) is 5.10 Å². The zero-order valence-electron chi connectivity index (χ0n) is 8.45. The zero-order valence-corrected chi connectivity index (χ0v) is 8.45. The van der Waals surface area contributed by atoms with Crippen LogP contribution in [0.1, 0.15) is 16.9 Å². The summed E-state index contributed by atoms with van der Waals surface area (Å²) in [5, 5.41) is 8.44. The van der Waals surface area contributed by atoms with Crippen molar-refractivity contribution in [1.29, 1.82) is 0 Å². The molecule has 2 N–H and O–H groups in total. The van der Waals surface area contributed by atoms with E-state index in [2.05, 4.69) is 15.5 Å². The van der Waals surface area contributed by atoms with Gasteiger partial charge in [0.2, 0.25) is 0 Å². The highest BCUT2D eigenvalue weighted by atomic mass is 16.5. The van der Waals surface area contributed by atoms with Crippen molar-refractivity contribution in [1.82, 2.24) is 15.5 Å². The molecule has 0 radical (unpaired) electrons. The maximum Gasteiger partial charge on any atom is 0.271 e. The lowest BCUT2D eigenvalue weighted by Gasteiger charge is -2.02. The van der Waals surface area contributed by atoms with Crippen molar-refractivity contribution in [2.75, 3.05) is 20.3 Å². The molecule has 82 valence electrons. The van der Waals surface area contributed by atoms with E-state index in [1.165, 1.54) is 12.1 Å². The van der Waals surface area contributed by atoms with Crippen LogP contribution in [0.5, 0.6) is 0 Å². The molecule has 6 heteroatoms. The van der Waals surface area contributed by atoms with Gasteiger partial charge in [-0.1, -0.05) is 0 Å². The van der Waals surface area contributed by atoms with E-state index < -0.39 is 0 Å². The van der Waals surface area contributed by atoms with Crippen LogP contribution in [-0.4, -0.2) is 36.4 Å². The smallest absolute Gasteiger partial charge is 0.271 e. The van der Waals surface area contributed by atoms with Gasteiger partial charge >= 0.3 is 0 Å². The van der Waals surface area contributed by atoms with Crippen LogP contribution in [0.15, 0.2) is 16.9 Å². The molecule has 1 rings (SSSR count). The Balaban J connectivity index is 2.40. The lowest BCUT2D eigenvalue weighted by atomic mass is 10.3. The number of carbonyl (C=O) groups excluding carboxylic acids is 1.